The molecule has 2 aromatic rings. The van der Waals surface area contributed by atoms with Crippen LogP contribution in [0.15, 0.2) is 59.6 Å². The molecule has 1 heterocycles. The topological polar surface area (TPSA) is 58.7 Å². The van der Waals surface area contributed by atoms with Gasteiger partial charge >= 0.3 is 0 Å². The van der Waals surface area contributed by atoms with E-state index in [0.717, 1.165) is 28.9 Å². The van der Waals surface area contributed by atoms with Crippen LogP contribution in [-0.2, 0) is 4.79 Å². The van der Waals surface area contributed by atoms with Gasteiger partial charge in [-0.05, 0) is 18.4 Å². The predicted octanol–water partition coefficient (Wildman–Crippen LogP) is 4.13. The molecular weight excluding hydrogens is 334 g/mol. The zero-order valence-electron chi connectivity index (χ0n) is 15.7. The average molecular weight is 361 g/mol. The third kappa shape index (κ3) is 3.81. The van der Waals surface area contributed by atoms with Crippen LogP contribution in [0, 0.1) is 5.92 Å². The zero-order chi connectivity index (χ0) is 18.6. The minimum atomic E-state index is -0.862. The van der Waals surface area contributed by atoms with Crippen LogP contribution in [0.5, 0.6) is 0 Å². The molecule has 4 rings (SSSR count). The number of hydrogen-bond donors (Lipinski definition) is 1. The fraction of sp³-hybridized carbons (Fsp3) is 0.391. The lowest BCUT2D eigenvalue weighted by Crippen LogP contribution is -2.43. The molecule has 0 bridgehead atoms. The monoisotopic (exact) mass is 361 g/mol. The average Bonchev–Trinajstić information content (AvgIpc) is 2.83. The molecule has 1 unspecified atom stereocenters. The van der Waals surface area contributed by atoms with Crippen LogP contribution < -0.4 is 10.6 Å². The molecule has 2 aliphatic rings. The first kappa shape index (κ1) is 17.9. The zero-order valence-corrected chi connectivity index (χ0v) is 15.7. The van der Waals surface area contributed by atoms with E-state index in [0.29, 0.717) is 12.5 Å². The molecule has 0 saturated heterocycles. The molecule has 1 aliphatic heterocycles. The van der Waals surface area contributed by atoms with Crippen LogP contribution in [0.1, 0.15) is 49.7 Å². The lowest BCUT2D eigenvalue weighted by molar-refractivity contribution is -0.119. The number of para-hydroxylation sites is 1. The van der Waals surface area contributed by atoms with Crippen molar-refractivity contribution in [3.05, 3.63) is 65.7 Å². The van der Waals surface area contributed by atoms with E-state index in [9.17, 15) is 4.79 Å². The largest absolute Gasteiger partial charge is 0.309 e. The first-order valence-corrected chi connectivity index (χ1v) is 10.0. The summed E-state index contributed by atoms with van der Waals surface area (Å²) in [7, 11) is 0. The second-order valence-electron chi connectivity index (χ2n) is 7.59. The summed E-state index contributed by atoms with van der Waals surface area (Å²) >= 11 is 0. The Morgan fingerprint density at radius 3 is 2.44 bits per heavy atom. The number of anilines is 1. The molecule has 1 atom stereocenters. The van der Waals surface area contributed by atoms with E-state index < -0.39 is 6.17 Å². The molecule has 1 fully saturated rings. The highest BCUT2D eigenvalue weighted by molar-refractivity contribution is 6.20. The Kier molecular flexibility index (Phi) is 5.35. The molecule has 0 aromatic heterocycles. The molecule has 4 heteroatoms. The molecule has 0 spiro atoms. The van der Waals surface area contributed by atoms with Crippen molar-refractivity contribution in [3.8, 4) is 0 Å². The number of hydrogen-bond acceptors (Lipinski definition) is 3. The number of fused-ring (bicyclic) bond motifs is 1. The van der Waals surface area contributed by atoms with E-state index in [-0.39, 0.29) is 5.91 Å². The molecule has 1 saturated carbocycles. The summed E-state index contributed by atoms with van der Waals surface area (Å²) in [5.74, 6) is 0.608. The van der Waals surface area contributed by atoms with Gasteiger partial charge in [0.1, 0.15) is 0 Å². The summed E-state index contributed by atoms with van der Waals surface area (Å²) in [6, 6.07) is 18.0. The fourth-order valence-electron chi connectivity index (χ4n) is 4.30. The Balaban J connectivity index is 1.67. The lowest BCUT2D eigenvalue weighted by atomic mass is 9.87. The van der Waals surface area contributed by atoms with Gasteiger partial charge in [-0.2, -0.15) is 0 Å². The third-order valence-corrected chi connectivity index (χ3v) is 5.77. The van der Waals surface area contributed by atoms with Crippen LogP contribution in [-0.4, -0.2) is 24.3 Å². The maximum atomic E-state index is 13.1. The van der Waals surface area contributed by atoms with Crippen molar-refractivity contribution in [3.63, 3.8) is 0 Å². The highest BCUT2D eigenvalue weighted by atomic mass is 16.2. The molecule has 1 amide bonds. The van der Waals surface area contributed by atoms with Crippen molar-refractivity contribution in [1.29, 1.82) is 0 Å². The quantitative estimate of drug-likeness (QED) is 0.890. The van der Waals surface area contributed by atoms with Crippen LogP contribution in [0.25, 0.3) is 0 Å². The standard InChI is InChI=1S/C23H27N3O/c24-22-23(27)26(16-15-17-9-3-1-4-10-17)20-14-8-7-13-19(20)21(25-22)18-11-5-2-6-12-18/h2,5-8,11-14,17,22H,1,3-4,9-10,15-16,24H2. The maximum Gasteiger partial charge on any atom is 0.266 e. The van der Waals surface area contributed by atoms with Gasteiger partial charge in [0, 0.05) is 17.7 Å². The fourth-order valence-corrected chi connectivity index (χ4v) is 4.30. The van der Waals surface area contributed by atoms with Gasteiger partial charge in [-0.1, -0.05) is 80.6 Å². The second kappa shape index (κ2) is 8.05. The molecule has 140 valence electrons. The van der Waals surface area contributed by atoms with Crippen molar-refractivity contribution >= 4 is 17.3 Å². The summed E-state index contributed by atoms with van der Waals surface area (Å²) in [4.78, 5) is 19.5. The van der Waals surface area contributed by atoms with Crippen molar-refractivity contribution in [2.24, 2.45) is 16.6 Å². The third-order valence-electron chi connectivity index (χ3n) is 5.77. The maximum absolute atomic E-state index is 13.1. The summed E-state index contributed by atoms with van der Waals surface area (Å²) in [6.45, 7) is 0.714. The summed E-state index contributed by atoms with van der Waals surface area (Å²) < 4.78 is 0. The number of nitrogens with two attached hydrogens (primary N) is 1. The Morgan fingerprint density at radius 1 is 0.963 bits per heavy atom. The molecular formula is C23H27N3O. The van der Waals surface area contributed by atoms with Crippen LogP contribution in [0.2, 0.25) is 0 Å². The van der Waals surface area contributed by atoms with Crippen molar-refractivity contribution < 1.29 is 4.79 Å². The number of amides is 1. The van der Waals surface area contributed by atoms with Crippen LogP contribution in [0.4, 0.5) is 5.69 Å². The molecule has 2 aromatic carbocycles. The Labute approximate surface area is 161 Å². The Morgan fingerprint density at radius 2 is 1.67 bits per heavy atom. The lowest BCUT2D eigenvalue weighted by Gasteiger charge is -2.28. The van der Waals surface area contributed by atoms with E-state index in [1.165, 1.54) is 32.1 Å². The smallest absolute Gasteiger partial charge is 0.266 e. The normalized spacial score (nSPS) is 20.8. The van der Waals surface area contributed by atoms with Gasteiger partial charge in [-0.15, -0.1) is 0 Å². The van der Waals surface area contributed by atoms with E-state index in [2.05, 4.69) is 4.99 Å². The van der Waals surface area contributed by atoms with Gasteiger partial charge in [0.25, 0.3) is 5.91 Å². The van der Waals surface area contributed by atoms with Crippen LogP contribution in [0.3, 0.4) is 0 Å². The van der Waals surface area contributed by atoms with Gasteiger partial charge < -0.3 is 10.6 Å². The van der Waals surface area contributed by atoms with Gasteiger partial charge in [0.15, 0.2) is 6.17 Å². The van der Waals surface area contributed by atoms with E-state index in [1.807, 2.05) is 59.5 Å². The highest BCUT2D eigenvalue weighted by Crippen LogP contribution is 2.31. The van der Waals surface area contributed by atoms with Crippen molar-refractivity contribution in [2.75, 3.05) is 11.4 Å². The van der Waals surface area contributed by atoms with E-state index in [4.69, 9.17) is 5.73 Å². The van der Waals surface area contributed by atoms with Crippen molar-refractivity contribution in [1.82, 2.24) is 0 Å². The molecule has 0 radical (unpaired) electrons. The Hall–Kier alpha value is -2.46. The minimum Gasteiger partial charge on any atom is -0.309 e. The van der Waals surface area contributed by atoms with Gasteiger partial charge in [-0.25, -0.2) is 0 Å². The number of rotatable bonds is 4. The van der Waals surface area contributed by atoms with Gasteiger partial charge in [0.2, 0.25) is 0 Å². The molecule has 1 aliphatic carbocycles. The summed E-state index contributed by atoms with van der Waals surface area (Å²) in [5.41, 5.74) is 9.90. The SMILES string of the molecule is NC1N=C(c2ccccc2)c2ccccc2N(CCC2CCCCC2)C1=O. The van der Waals surface area contributed by atoms with Crippen LogP contribution >= 0.6 is 0 Å². The highest BCUT2D eigenvalue weighted by Gasteiger charge is 2.30. The number of benzene rings is 2. The molecule has 2 N–H and O–H groups in total. The summed E-state index contributed by atoms with van der Waals surface area (Å²) in [5, 5.41) is 0. The number of carbonyl (C=O) groups excluding carboxylic acids is 1. The van der Waals surface area contributed by atoms with Crippen molar-refractivity contribution in [2.45, 2.75) is 44.7 Å². The number of aliphatic imine (C=N–C) groups is 1. The number of carbonyl (C=O) groups is 1. The molecule has 27 heavy (non-hydrogen) atoms. The Bertz CT molecular complexity index is 825. The first-order chi connectivity index (χ1) is 13.2. The second-order valence-corrected chi connectivity index (χ2v) is 7.59. The van der Waals surface area contributed by atoms with Gasteiger partial charge in [0.05, 0.1) is 11.4 Å². The predicted molar refractivity (Wildman–Crippen MR) is 110 cm³/mol. The first-order valence-electron chi connectivity index (χ1n) is 10.0. The van der Waals surface area contributed by atoms with E-state index >= 15 is 0 Å². The van der Waals surface area contributed by atoms with E-state index in [1.54, 1.807) is 0 Å². The minimum absolute atomic E-state index is 0.107. The number of nitrogens with zero attached hydrogens (tertiary/aromatic N) is 2. The number of benzodiazepines with no additional fused rings is 1. The summed E-state index contributed by atoms with van der Waals surface area (Å²) in [6.07, 6.45) is 6.71. The van der Waals surface area contributed by atoms with Gasteiger partial charge in [-0.3, -0.25) is 9.79 Å². The molecule has 4 nitrogen and oxygen atoms in total.